The van der Waals surface area contributed by atoms with E-state index in [0.717, 1.165) is 31.9 Å². The van der Waals surface area contributed by atoms with Crippen LogP contribution in [0.5, 0.6) is 0 Å². The van der Waals surface area contributed by atoms with Crippen molar-refractivity contribution in [2.75, 3.05) is 5.32 Å². The third kappa shape index (κ3) is 4.82. The number of imidazole rings is 1. The molecule has 1 aliphatic rings. The summed E-state index contributed by atoms with van der Waals surface area (Å²) >= 11 is 0. The lowest BCUT2D eigenvalue weighted by Gasteiger charge is -2.30. The first-order valence-electron chi connectivity index (χ1n) is 10.3. The zero-order valence-corrected chi connectivity index (χ0v) is 16.9. The summed E-state index contributed by atoms with van der Waals surface area (Å²) in [4.78, 5) is 20.6. The molecule has 4 aromatic heterocycles. The maximum absolute atomic E-state index is 13.0. The lowest BCUT2D eigenvalue weighted by Crippen LogP contribution is -2.40. The SMILES string of the molecule is C.C.O=C(NC1CCC(Nc2cccc3nc(C(F)(F)F)cn23)CC1)c1ccnc2cn[nH]c12. The minimum Gasteiger partial charge on any atom is -0.368 e. The highest BCUT2D eigenvalue weighted by Gasteiger charge is 2.34. The Morgan fingerprint density at radius 3 is 2.56 bits per heavy atom. The van der Waals surface area contributed by atoms with E-state index < -0.39 is 11.9 Å². The smallest absolute Gasteiger partial charge is 0.368 e. The van der Waals surface area contributed by atoms with Gasteiger partial charge in [0.1, 0.15) is 17.0 Å². The van der Waals surface area contributed by atoms with Crippen LogP contribution in [0.3, 0.4) is 0 Å². The number of amides is 1. The number of H-pyrrole nitrogens is 1. The average Bonchev–Trinajstić information content (AvgIpc) is 3.42. The van der Waals surface area contributed by atoms with Crippen molar-refractivity contribution < 1.29 is 18.0 Å². The van der Waals surface area contributed by atoms with Crippen molar-refractivity contribution in [3.8, 4) is 0 Å². The van der Waals surface area contributed by atoms with Crippen LogP contribution in [-0.2, 0) is 6.18 Å². The second-order valence-electron chi connectivity index (χ2n) is 7.92. The van der Waals surface area contributed by atoms with Crippen LogP contribution in [0.2, 0.25) is 0 Å². The van der Waals surface area contributed by atoms with Crippen molar-refractivity contribution in [1.29, 1.82) is 0 Å². The van der Waals surface area contributed by atoms with Crippen LogP contribution >= 0.6 is 0 Å². The van der Waals surface area contributed by atoms with Gasteiger partial charge in [-0.05, 0) is 43.9 Å². The number of aromatic amines is 1. The number of aromatic nitrogens is 5. The number of halogens is 3. The molecule has 0 unspecified atom stereocenters. The van der Waals surface area contributed by atoms with Crippen molar-refractivity contribution in [3.05, 3.63) is 54.1 Å². The first-order valence-corrected chi connectivity index (χ1v) is 10.3. The molecule has 0 saturated heterocycles. The predicted octanol–water partition coefficient (Wildman–Crippen LogP) is 5.05. The molecule has 11 heteroatoms. The van der Waals surface area contributed by atoms with Gasteiger partial charge >= 0.3 is 6.18 Å². The third-order valence-electron chi connectivity index (χ3n) is 5.79. The standard InChI is InChI=1S/C21H20F3N7O.2CH4/c22-21(23,24)16-11-31-17(2-1-3-18(31)29-16)27-12-4-6-13(7-5-12)28-20(32)14-8-9-25-15-10-26-30-19(14)15;;/h1-3,8-13,27H,4-7H2,(H,26,30)(H,28,32);2*1H4. The quantitative estimate of drug-likeness (QED) is 0.384. The number of rotatable bonds is 4. The fraction of sp³-hybridized carbons (Fsp3) is 0.391. The van der Waals surface area contributed by atoms with Gasteiger partial charge in [0.25, 0.3) is 5.91 Å². The van der Waals surface area contributed by atoms with Crippen molar-refractivity contribution in [2.24, 2.45) is 0 Å². The van der Waals surface area contributed by atoms with Crippen molar-refractivity contribution in [3.63, 3.8) is 0 Å². The Morgan fingerprint density at radius 1 is 1.09 bits per heavy atom. The molecule has 0 bridgehead atoms. The van der Waals surface area contributed by atoms with E-state index in [2.05, 4.69) is 30.8 Å². The summed E-state index contributed by atoms with van der Waals surface area (Å²) in [6, 6.07) is 6.73. The fourth-order valence-corrected chi connectivity index (χ4v) is 4.16. The van der Waals surface area contributed by atoms with Gasteiger partial charge in [0.15, 0.2) is 5.69 Å². The highest BCUT2D eigenvalue weighted by Crippen LogP contribution is 2.30. The van der Waals surface area contributed by atoms with E-state index in [4.69, 9.17) is 0 Å². The number of hydrogen-bond donors (Lipinski definition) is 3. The summed E-state index contributed by atoms with van der Waals surface area (Å²) in [7, 11) is 0. The summed E-state index contributed by atoms with van der Waals surface area (Å²) in [6.07, 6.45) is 2.74. The van der Waals surface area contributed by atoms with Gasteiger partial charge in [-0.3, -0.25) is 19.3 Å². The third-order valence-corrected chi connectivity index (χ3v) is 5.79. The van der Waals surface area contributed by atoms with E-state index >= 15 is 0 Å². The Hall–Kier alpha value is -3.63. The molecule has 0 atom stereocenters. The lowest BCUT2D eigenvalue weighted by atomic mass is 9.91. The summed E-state index contributed by atoms with van der Waals surface area (Å²) in [5.41, 5.74) is 1.06. The molecule has 1 amide bonds. The predicted molar refractivity (Wildman–Crippen MR) is 125 cm³/mol. The van der Waals surface area contributed by atoms with E-state index in [1.165, 1.54) is 4.40 Å². The molecule has 4 aromatic rings. The summed E-state index contributed by atoms with van der Waals surface area (Å²) in [5, 5.41) is 13.1. The molecule has 0 radical (unpaired) electrons. The van der Waals surface area contributed by atoms with Crippen molar-refractivity contribution >= 4 is 28.4 Å². The van der Waals surface area contributed by atoms with Crippen LogP contribution in [-0.4, -0.2) is 42.6 Å². The van der Waals surface area contributed by atoms with Crippen LogP contribution in [0.15, 0.2) is 42.9 Å². The van der Waals surface area contributed by atoms with Gasteiger partial charge in [0, 0.05) is 24.5 Å². The largest absolute Gasteiger partial charge is 0.434 e. The first kappa shape index (κ1) is 25.0. The Bertz CT molecular complexity index is 1270. The van der Waals surface area contributed by atoms with E-state index in [9.17, 15) is 18.0 Å². The van der Waals surface area contributed by atoms with Crippen molar-refractivity contribution in [2.45, 2.75) is 58.8 Å². The number of nitrogens with zero attached hydrogens (tertiary/aromatic N) is 4. The fourth-order valence-electron chi connectivity index (χ4n) is 4.16. The molecule has 34 heavy (non-hydrogen) atoms. The van der Waals surface area contributed by atoms with Gasteiger partial charge in [-0.25, -0.2) is 4.98 Å². The maximum atomic E-state index is 13.0. The van der Waals surface area contributed by atoms with Gasteiger partial charge in [-0.15, -0.1) is 0 Å². The molecule has 1 saturated carbocycles. The minimum absolute atomic E-state index is 0. The molecule has 4 heterocycles. The van der Waals surface area contributed by atoms with Crippen LogP contribution in [0.1, 0.15) is 56.6 Å². The highest BCUT2D eigenvalue weighted by atomic mass is 19.4. The number of fused-ring (bicyclic) bond motifs is 2. The van der Waals surface area contributed by atoms with Gasteiger partial charge in [-0.1, -0.05) is 20.9 Å². The Labute approximate surface area is 195 Å². The number of alkyl halides is 3. The zero-order valence-electron chi connectivity index (χ0n) is 16.9. The van der Waals surface area contributed by atoms with Crippen LogP contribution in [0.25, 0.3) is 16.7 Å². The molecule has 3 N–H and O–H groups in total. The highest BCUT2D eigenvalue weighted by molar-refractivity contribution is 6.04. The normalized spacial score (nSPS) is 18.2. The number of hydrogen-bond acceptors (Lipinski definition) is 5. The van der Waals surface area contributed by atoms with E-state index in [1.807, 2.05) is 0 Å². The first-order chi connectivity index (χ1) is 15.4. The summed E-state index contributed by atoms with van der Waals surface area (Å²) in [5.74, 6) is 0.386. The topological polar surface area (TPSA) is 100 Å². The van der Waals surface area contributed by atoms with Gasteiger partial charge in [0.2, 0.25) is 0 Å². The second-order valence-corrected chi connectivity index (χ2v) is 7.92. The Kier molecular flexibility index (Phi) is 7.13. The molecule has 1 aliphatic carbocycles. The molecular weight excluding hydrogens is 447 g/mol. The molecule has 1 fully saturated rings. The van der Waals surface area contributed by atoms with Gasteiger partial charge in [-0.2, -0.15) is 18.3 Å². The van der Waals surface area contributed by atoms with E-state index in [1.54, 1.807) is 36.7 Å². The average molecular weight is 476 g/mol. The number of carbonyl (C=O) groups is 1. The molecular formula is C23H28F3N7O. The van der Waals surface area contributed by atoms with Crippen LogP contribution in [0, 0.1) is 0 Å². The van der Waals surface area contributed by atoms with E-state index in [-0.39, 0.29) is 38.5 Å². The summed E-state index contributed by atoms with van der Waals surface area (Å²) < 4.78 is 40.5. The number of pyridine rings is 2. The Morgan fingerprint density at radius 2 is 1.82 bits per heavy atom. The lowest BCUT2D eigenvalue weighted by molar-refractivity contribution is -0.140. The molecule has 182 valence electrons. The van der Waals surface area contributed by atoms with E-state index in [0.29, 0.717) is 22.4 Å². The number of nitrogens with one attached hydrogen (secondary N) is 3. The number of carbonyl (C=O) groups excluding carboxylic acids is 1. The molecule has 0 aromatic carbocycles. The molecule has 0 spiro atoms. The summed E-state index contributed by atoms with van der Waals surface area (Å²) in [6.45, 7) is 0. The zero-order chi connectivity index (χ0) is 22.3. The minimum atomic E-state index is -4.49. The molecule has 5 rings (SSSR count). The Balaban J connectivity index is 0.00000162. The van der Waals surface area contributed by atoms with Gasteiger partial charge in [0.05, 0.1) is 17.3 Å². The van der Waals surface area contributed by atoms with Gasteiger partial charge < -0.3 is 10.6 Å². The van der Waals surface area contributed by atoms with Crippen molar-refractivity contribution in [1.82, 2.24) is 29.9 Å². The maximum Gasteiger partial charge on any atom is 0.434 e. The second kappa shape index (κ2) is 9.70. The molecule has 0 aliphatic heterocycles. The monoisotopic (exact) mass is 475 g/mol. The molecule has 8 nitrogen and oxygen atoms in total. The van der Waals surface area contributed by atoms with Crippen LogP contribution in [0.4, 0.5) is 19.0 Å². The number of anilines is 1. The van der Waals surface area contributed by atoms with Crippen LogP contribution < -0.4 is 10.6 Å².